The molecule has 192 valence electrons. The third-order valence-corrected chi connectivity index (χ3v) is 7.97. The molecule has 0 unspecified atom stereocenters. The standard InChI is InChI=1S/C29H35N7O/c1-19-6-4-7-20(2)24(19)17-35-12-5-8-23(16-35)30-29(37)36-13-11-27-25(18-36)28(32-31-27)21-9-10-26-22(14-21)15-34(3)33-26/h4,6-7,9-10,14-15,23H,5,8,11-13,16-18H2,1-3H3,(H,30,37)(H,31,32)/t23-/m1/s1. The number of rotatable bonds is 4. The van der Waals surface area contributed by atoms with E-state index in [9.17, 15) is 4.79 Å². The third kappa shape index (κ3) is 4.73. The summed E-state index contributed by atoms with van der Waals surface area (Å²) in [5, 5.41) is 16.8. The van der Waals surface area contributed by atoms with Gasteiger partial charge in [0.15, 0.2) is 0 Å². The van der Waals surface area contributed by atoms with Crippen molar-refractivity contribution < 1.29 is 4.79 Å². The Morgan fingerprint density at radius 1 is 1.16 bits per heavy atom. The molecular formula is C29H35N7O. The number of benzene rings is 2. The van der Waals surface area contributed by atoms with Gasteiger partial charge in [-0.3, -0.25) is 14.7 Å². The van der Waals surface area contributed by atoms with Crippen molar-refractivity contribution in [2.24, 2.45) is 7.05 Å². The summed E-state index contributed by atoms with van der Waals surface area (Å²) in [6.07, 6.45) is 4.93. The smallest absolute Gasteiger partial charge is 0.317 e. The summed E-state index contributed by atoms with van der Waals surface area (Å²) in [5.74, 6) is 0. The Balaban J connectivity index is 1.13. The van der Waals surface area contributed by atoms with Crippen molar-refractivity contribution >= 4 is 16.9 Å². The Morgan fingerprint density at radius 3 is 2.84 bits per heavy atom. The van der Waals surface area contributed by atoms with Crippen LogP contribution >= 0.6 is 0 Å². The molecule has 0 spiro atoms. The first-order valence-corrected chi connectivity index (χ1v) is 13.3. The maximum absolute atomic E-state index is 13.4. The average Bonchev–Trinajstić information content (AvgIpc) is 3.48. The van der Waals surface area contributed by atoms with Crippen molar-refractivity contribution in [1.29, 1.82) is 0 Å². The fraction of sp³-hybridized carbons (Fsp3) is 0.414. The Morgan fingerprint density at radius 2 is 2.00 bits per heavy atom. The largest absolute Gasteiger partial charge is 0.334 e. The molecule has 2 amide bonds. The van der Waals surface area contributed by atoms with Crippen LogP contribution in [-0.2, 0) is 26.6 Å². The molecular weight excluding hydrogens is 462 g/mol. The van der Waals surface area contributed by atoms with Crippen LogP contribution in [0.4, 0.5) is 4.79 Å². The van der Waals surface area contributed by atoms with Gasteiger partial charge in [-0.1, -0.05) is 24.3 Å². The minimum absolute atomic E-state index is 0.0273. The molecule has 2 N–H and O–H groups in total. The van der Waals surface area contributed by atoms with E-state index in [1.54, 1.807) is 0 Å². The van der Waals surface area contributed by atoms with Gasteiger partial charge in [-0.2, -0.15) is 10.2 Å². The van der Waals surface area contributed by atoms with Crippen LogP contribution in [-0.4, -0.2) is 61.5 Å². The predicted molar refractivity (Wildman–Crippen MR) is 145 cm³/mol. The zero-order chi connectivity index (χ0) is 25.5. The number of H-pyrrole nitrogens is 1. The first kappa shape index (κ1) is 23.7. The van der Waals surface area contributed by atoms with Gasteiger partial charge in [-0.15, -0.1) is 0 Å². The molecule has 4 aromatic rings. The summed E-state index contributed by atoms with van der Waals surface area (Å²) in [6, 6.07) is 12.9. The van der Waals surface area contributed by atoms with Gasteiger partial charge in [-0.25, -0.2) is 4.79 Å². The van der Waals surface area contributed by atoms with E-state index in [-0.39, 0.29) is 12.1 Å². The fourth-order valence-corrected chi connectivity index (χ4v) is 5.91. The van der Waals surface area contributed by atoms with E-state index >= 15 is 0 Å². The molecule has 1 atom stereocenters. The number of urea groups is 1. The number of amides is 2. The number of aromatic nitrogens is 4. The van der Waals surface area contributed by atoms with Gasteiger partial charge < -0.3 is 10.2 Å². The second kappa shape index (κ2) is 9.67. The van der Waals surface area contributed by atoms with Crippen molar-refractivity contribution in [3.05, 3.63) is 70.5 Å². The number of nitrogens with zero attached hydrogens (tertiary/aromatic N) is 5. The highest BCUT2D eigenvalue weighted by Gasteiger charge is 2.29. The van der Waals surface area contributed by atoms with E-state index < -0.39 is 0 Å². The van der Waals surface area contributed by atoms with Crippen molar-refractivity contribution in [2.45, 2.75) is 52.2 Å². The van der Waals surface area contributed by atoms with E-state index in [1.807, 2.05) is 28.9 Å². The summed E-state index contributed by atoms with van der Waals surface area (Å²) in [7, 11) is 1.93. The number of hydrogen-bond donors (Lipinski definition) is 2. The summed E-state index contributed by atoms with van der Waals surface area (Å²) in [6.45, 7) is 8.55. The van der Waals surface area contributed by atoms with E-state index in [0.717, 1.165) is 72.3 Å². The highest BCUT2D eigenvalue weighted by molar-refractivity contribution is 5.84. The molecule has 4 heterocycles. The quantitative estimate of drug-likeness (QED) is 0.440. The number of piperidine rings is 1. The molecule has 0 bridgehead atoms. The molecule has 2 aromatic heterocycles. The second-order valence-electron chi connectivity index (χ2n) is 10.7. The van der Waals surface area contributed by atoms with Gasteiger partial charge in [0.1, 0.15) is 0 Å². The lowest BCUT2D eigenvalue weighted by atomic mass is 9.99. The minimum Gasteiger partial charge on any atom is -0.334 e. The average molecular weight is 498 g/mol. The molecule has 1 fully saturated rings. The molecule has 8 heteroatoms. The molecule has 1 saturated heterocycles. The highest BCUT2D eigenvalue weighted by atomic mass is 16.2. The Labute approximate surface area is 217 Å². The van der Waals surface area contributed by atoms with Crippen molar-refractivity contribution in [1.82, 2.24) is 35.1 Å². The Kier molecular flexibility index (Phi) is 6.20. The zero-order valence-electron chi connectivity index (χ0n) is 21.9. The van der Waals surface area contributed by atoms with Crippen LogP contribution in [0.25, 0.3) is 22.2 Å². The number of carbonyl (C=O) groups is 1. The van der Waals surface area contributed by atoms with Gasteiger partial charge in [-0.05, 0) is 62.1 Å². The number of likely N-dealkylation sites (tertiary alicyclic amines) is 1. The topological polar surface area (TPSA) is 82.1 Å². The molecule has 0 saturated carbocycles. The van der Waals surface area contributed by atoms with Gasteiger partial charge in [0.25, 0.3) is 0 Å². The summed E-state index contributed by atoms with van der Waals surface area (Å²) >= 11 is 0. The number of carbonyl (C=O) groups excluding carboxylic acids is 1. The summed E-state index contributed by atoms with van der Waals surface area (Å²) < 4.78 is 1.83. The summed E-state index contributed by atoms with van der Waals surface area (Å²) in [5.41, 5.74) is 9.28. The number of fused-ring (bicyclic) bond motifs is 2. The lowest BCUT2D eigenvalue weighted by Gasteiger charge is -2.35. The molecule has 2 aromatic carbocycles. The van der Waals surface area contributed by atoms with Crippen LogP contribution in [0.15, 0.2) is 42.6 Å². The lowest BCUT2D eigenvalue weighted by Crippen LogP contribution is -2.52. The minimum atomic E-state index is 0.0273. The Hall–Kier alpha value is -3.65. The molecule has 37 heavy (non-hydrogen) atoms. The third-order valence-electron chi connectivity index (χ3n) is 7.97. The van der Waals surface area contributed by atoms with Gasteiger partial charge in [0, 0.05) is 67.5 Å². The maximum Gasteiger partial charge on any atom is 0.317 e. The first-order valence-electron chi connectivity index (χ1n) is 13.3. The van der Waals surface area contributed by atoms with Crippen molar-refractivity contribution in [3.8, 4) is 11.3 Å². The zero-order valence-corrected chi connectivity index (χ0v) is 21.9. The van der Waals surface area contributed by atoms with Gasteiger partial charge in [0.05, 0.1) is 17.8 Å². The summed E-state index contributed by atoms with van der Waals surface area (Å²) in [4.78, 5) is 17.8. The number of nitrogens with one attached hydrogen (secondary N) is 2. The van der Waals surface area contributed by atoms with E-state index in [0.29, 0.717) is 13.1 Å². The van der Waals surface area contributed by atoms with Crippen molar-refractivity contribution in [3.63, 3.8) is 0 Å². The number of aromatic amines is 1. The molecule has 2 aliphatic rings. The van der Waals surface area contributed by atoms with E-state index in [2.05, 4.69) is 69.7 Å². The van der Waals surface area contributed by atoms with Crippen LogP contribution in [0.5, 0.6) is 0 Å². The van der Waals surface area contributed by atoms with Crippen LogP contribution < -0.4 is 5.32 Å². The molecule has 0 aliphatic carbocycles. The van der Waals surface area contributed by atoms with E-state index in [1.165, 1.54) is 16.7 Å². The maximum atomic E-state index is 13.4. The fourth-order valence-electron chi connectivity index (χ4n) is 5.91. The molecule has 6 rings (SSSR count). The number of hydrogen-bond acceptors (Lipinski definition) is 4. The number of aryl methyl sites for hydroxylation is 3. The normalized spacial score (nSPS) is 18.2. The molecule has 0 radical (unpaired) electrons. The van der Waals surface area contributed by atoms with Gasteiger partial charge >= 0.3 is 6.03 Å². The highest BCUT2D eigenvalue weighted by Crippen LogP contribution is 2.30. The van der Waals surface area contributed by atoms with Crippen LogP contribution in [0.1, 0.15) is 40.8 Å². The molecule has 8 nitrogen and oxygen atoms in total. The lowest BCUT2D eigenvalue weighted by molar-refractivity contribution is 0.160. The van der Waals surface area contributed by atoms with Crippen LogP contribution in [0, 0.1) is 13.8 Å². The SMILES string of the molecule is Cc1cccc(C)c1CN1CCC[C@@H](NC(=O)N2CCc3[nH]nc(-c4ccc5nn(C)cc5c4)c3C2)C1. The van der Waals surface area contributed by atoms with Crippen molar-refractivity contribution in [2.75, 3.05) is 19.6 Å². The Bertz CT molecular complexity index is 1430. The predicted octanol–water partition coefficient (Wildman–Crippen LogP) is 4.31. The van der Waals surface area contributed by atoms with Crippen LogP contribution in [0.3, 0.4) is 0 Å². The second-order valence-corrected chi connectivity index (χ2v) is 10.7. The monoisotopic (exact) mass is 497 g/mol. The van der Waals surface area contributed by atoms with E-state index in [4.69, 9.17) is 0 Å². The van der Waals surface area contributed by atoms with Crippen LogP contribution in [0.2, 0.25) is 0 Å². The van der Waals surface area contributed by atoms with Gasteiger partial charge in [0.2, 0.25) is 0 Å². The first-order chi connectivity index (χ1) is 17.9. The molecule has 2 aliphatic heterocycles.